The topological polar surface area (TPSA) is 46.9 Å². The lowest BCUT2D eigenvalue weighted by Gasteiger charge is -2.06. The molecule has 0 spiro atoms. The fourth-order valence-corrected chi connectivity index (χ4v) is 2.51. The minimum Gasteiger partial charge on any atom is -0.384 e. The van der Waals surface area contributed by atoms with Crippen LogP contribution in [0.5, 0.6) is 0 Å². The minimum absolute atomic E-state index is 0.123. The Hall–Kier alpha value is -2.10. The van der Waals surface area contributed by atoms with Crippen molar-refractivity contribution in [1.29, 1.82) is 0 Å². The number of fused-ring (bicyclic) bond motifs is 1. The van der Waals surface area contributed by atoms with Crippen molar-refractivity contribution in [3.8, 4) is 0 Å². The van der Waals surface area contributed by atoms with Gasteiger partial charge in [0.05, 0.1) is 6.42 Å². The monoisotopic (exact) mass is 255 g/mol. The van der Waals surface area contributed by atoms with Crippen molar-refractivity contribution < 1.29 is 4.79 Å². The summed E-state index contributed by atoms with van der Waals surface area (Å²) < 4.78 is 2.00. The van der Waals surface area contributed by atoms with E-state index in [4.69, 9.17) is 0 Å². The minimum atomic E-state index is 0.123. The number of carbonyl (C=O) groups excluding carboxylic acids is 1. The summed E-state index contributed by atoms with van der Waals surface area (Å²) in [5, 5.41) is 3.30. The quantitative estimate of drug-likeness (QED) is 0.853. The summed E-state index contributed by atoms with van der Waals surface area (Å²) in [5.41, 5.74) is 3.16. The van der Waals surface area contributed by atoms with Crippen LogP contribution in [0.1, 0.15) is 28.7 Å². The predicted octanol–water partition coefficient (Wildman–Crippen LogP) is 2.30. The summed E-state index contributed by atoms with van der Waals surface area (Å²) in [6.45, 7) is 3.86. The summed E-state index contributed by atoms with van der Waals surface area (Å²) in [4.78, 5) is 16.6. The number of nitrogens with zero attached hydrogens (tertiary/aromatic N) is 2. The molecule has 0 amide bonds. The van der Waals surface area contributed by atoms with Crippen molar-refractivity contribution in [3.05, 3.63) is 47.5 Å². The lowest BCUT2D eigenvalue weighted by Crippen LogP contribution is -2.09. The molecule has 0 unspecified atom stereocenters. The normalized spacial score (nSPS) is 13.1. The molecule has 1 aromatic heterocycles. The van der Waals surface area contributed by atoms with Crippen molar-refractivity contribution in [2.75, 3.05) is 11.9 Å². The maximum atomic E-state index is 12.3. The first-order valence-electron chi connectivity index (χ1n) is 6.68. The van der Waals surface area contributed by atoms with E-state index in [1.165, 1.54) is 5.56 Å². The molecule has 0 fully saturated rings. The zero-order valence-corrected chi connectivity index (χ0v) is 11.0. The van der Waals surface area contributed by atoms with Gasteiger partial charge in [0.25, 0.3) is 0 Å². The van der Waals surface area contributed by atoms with Gasteiger partial charge in [0.1, 0.15) is 5.82 Å². The van der Waals surface area contributed by atoms with Crippen molar-refractivity contribution in [1.82, 2.24) is 9.55 Å². The summed E-state index contributed by atoms with van der Waals surface area (Å²) in [6, 6.07) is 5.94. The van der Waals surface area contributed by atoms with Crippen LogP contribution in [-0.2, 0) is 19.4 Å². The van der Waals surface area contributed by atoms with Gasteiger partial charge in [0.15, 0.2) is 5.78 Å². The molecule has 1 aliphatic rings. The maximum Gasteiger partial charge on any atom is 0.170 e. The molecule has 1 aromatic carbocycles. The van der Waals surface area contributed by atoms with Crippen molar-refractivity contribution in [3.63, 3.8) is 0 Å². The largest absolute Gasteiger partial charge is 0.384 e. The Balaban J connectivity index is 1.81. The number of benzene rings is 1. The van der Waals surface area contributed by atoms with Crippen LogP contribution in [0.2, 0.25) is 0 Å². The molecule has 3 rings (SSSR count). The van der Waals surface area contributed by atoms with E-state index in [-0.39, 0.29) is 5.78 Å². The second-order valence-electron chi connectivity index (χ2n) is 4.78. The Morgan fingerprint density at radius 3 is 3.21 bits per heavy atom. The first-order chi connectivity index (χ1) is 9.28. The first-order valence-corrected chi connectivity index (χ1v) is 6.68. The Bertz CT molecular complexity index is 616. The van der Waals surface area contributed by atoms with E-state index >= 15 is 0 Å². The highest BCUT2D eigenvalue weighted by molar-refractivity contribution is 5.98. The van der Waals surface area contributed by atoms with Gasteiger partial charge in [-0.1, -0.05) is 12.1 Å². The highest BCUT2D eigenvalue weighted by Gasteiger charge is 2.15. The molecule has 1 N–H and O–H groups in total. The van der Waals surface area contributed by atoms with E-state index in [0.717, 1.165) is 36.6 Å². The van der Waals surface area contributed by atoms with E-state index in [0.29, 0.717) is 6.42 Å². The fraction of sp³-hybridized carbons (Fsp3) is 0.333. The van der Waals surface area contributed by atoms with Crippen LogP contribution in [0.15, 0.2) is 30.6 Å². The van der Waals surface area contributed by atoms with E-state index in [1.807, 2.05) is 22.9 Å². The van der Waals surface area contributed by atoms with E-state index in [1.54, 1.807) is 6.20 Å². The van der Waals surface area contributed by atoms with Gasteiger partial charge in [-0.2, -0.15) is 0 Å². The summed E-state index contributed by atoms with van der Waals surface area (Å²) in [7, 11) is 0. The van der Waals surface area contributed by atoms with Crippen LogP contribution in [0, 0.1) is 0 Å². The van der Waals surface area contributed by atoms with E-state index in [9.17, 15) is 4.79 Å². The number of carbonyl (C=O) groups is 1. The van der Waals surface area contributed by atoms with Crippen molar-refractivity contribution in [2.24, 2.45) is 0 Å². The van der Waals surface area contributed by atoms with Gasteiger partial charge in [-0.25, -0.2) is 4.98 Å². The van der Waals surface area contributed by atoms with Crippen LogP contribution < -0.4 is 5.32 Å². The number of rotatable bonds is 4. The number of aryl methyl sites for hydroxylation is 1. The smallest absolute Gasteiger partial charge is 0.170 e. The number of hydrogen-bond acceptors (Lipinski definition) is 3. The van der Waals surface area contributed by atoms with E-state index in [2.05, 4.69) is 23.3 Å². The average molecular weight is 255 g/mol. The summed E-state index contributed by atoms with van der Waals surface area (Å²) in [5.74, 6) is 0.957. The standard InChI is InChI=1S/C15H17N3O/c1-2-18-8-7-17-15(18)10-14(19)12-4-3-11-5-6-16-13(11)9-12/h3-4,7-9,16H,2,5-6,10H2,1H3. The van der Waals surface area contributed by atoms with E-state index < -0.39 is 0 Å². The SMILES string of the molecule is CCn1ccnc1CC(=O)c1ccc2c(c1)NCC2. The molecule has 2 aromatic rings. The van der Waals surface area contributed by atoms with Gasteiger partial charge in [-0.3, -0.25) is 4.79 Å². The van der Waals surface area contributed by atoms with Crippen LogP contribution in [0.4, 0.5) is 5.69 Å². The molecular weight excluding hydrogens is 238 g/mol. The number of ketones is 1. The molecule has 19 heavy (non-hydrogen) atoms. The van der Waals surface area contributed by atoms with Gasteiger partial charge in [0.2, 0.25) is 0 Å². The Kier molecular flexibility index (Phi) is 3.07. The molecule has 0 saturated carbocycles. The van der Waals surface area contributed by atoms with Gasteiger partial charge in [0, 0.05) is 36.7 Å². The zero-order chi connectivity index (χ0) is 13.2. The van der Waals surface area contributed by atoms with Crippen molar-refractivity contribution in [2.45, 2.75) is 26.3 Å². The van der Waals surface area contributed by atoms with Crippen LogP contribution in [0.25, 0.3) is 0 Å². The van der Waals surface area contributed by atoms with Gasteiger partial charge < -0.3 is 9.88 Å². The Morgan fingerprint density at radius 1 is 1.47 bits per heavy atom. The number of nitrogens with one attached hydrogen (secondary N) is 1. The third-order valence-electron chi connectivity index (χ3n) is 3.60. The van der Waals surface area contributed by atoms with Crippen molar-refractivity contribution >= 4 is 11.5 Å². The van der Waals surface area contributed by atoms with Crippen LogP contribution >= 0.6 is 0 Å². The predicted molar refractivity (Wildman–Crippen MR) is 74.6 cm³/mol. The highest BCUT2D eigenvalue weighted by atomic mass is 16.1. The summed E-state index contributed by atoms with van der Waals surface area (Å²) in [6.07, 6.45) is 5.06. The molecule has 0 atom stereocenters. The summed E-state index contributed by atoms with van der Waals surface area (Å²) >= 11 is 0. The molecule has 4 heteroatoms. The molecular formula is C15H17N3O. The third-order valence-corrected chi connectivity index (χ3v) is 3.60. The molecule has 2 heterocycles. The fourth-order valence-electron chi connectivity index (χ4n) is 2.51. The number of imidazole rings is 1. The number of aromatic nitrogens is 2. The zero-order valence-electron chi connectivity index (χ0n) is 11.0. The molecule has 0 aliphatic carbocycles. The molecule has 0 saturated heterocycles. The Morgan fingerprint density at radius 2 is 2.37 bits per heavy atom. The molecule has 0 radical (unpaired) electrons. The second kappa shape index (κ2) is 4.88. The highest BCUT2D eigenvalue weighted by Crippen LogP contribution is 2.23. The number of anilines is 1. The van der Waals surface area contributed by atoms with Gasteiger partial charge >= 0.3 is 0 Å². The molecule has 1 aliphatic heterocycles. The molecule has 4 nitrogen and oxygen atoms in total. The lowest BCUT2D eigenvalue weighted by atomic mass is 10.0. The first kappa shape index (κ1) is 12.0. The molecule has 98 valence electrons. The number of Topliss-reactive ketones (excluding diaryl/α,β-unsaturated/α-hetero) is 1. The van der Waals surface area contributed by atoms with Gasteiger partial charge in [-0.05, 0) is 25.0 Å². The second-order valence-corrected chi connectivity index (χ2v) is 4.78. The Labute approximate surface area is 112 Å². The average Bonchev–Trinajstić information content (AvgIpc) is 3.05. The van der Waals surface area contributed by atoms with Crippen LogP contribution in [0.3, 0.4) is 0 Å². The maximum absolute atomic E-state index is 12.3. The van der Waals surface area contributed by atoms with Gasteiger partial charge in [-0.15, -0.1) is 0 Å². The lowest BCUT2D eigenvalue weighted by molar-refractivity contribution is 0.0990. The third kappa shape index (κ3) is 2.26. The van der Waals surface area contributed by atoms with Crippen LogP contribution in [-0.4, -0.2) is 21.9 Å². The molecule has 0 bridgehead atoms. The number of hydrogen-bond donors (Lipinski definition) is 1.